The Kier molecular flexibility index (Phi) is 4.49. The number of amides is 2. The standard InChI is InChI=1S/C13H19N3OS/c1-15(11-3-5-12(18-2)6-4-11)13(17)16-9-7-14-8-10-16/h3-6,14H,7-10H2,1-2H3. The van der Waals surface area contributed by atoms with Gasteiger partial charge in [-0.3, -0.25) is 4.90 Å². The predicted molar refractivity (Wildman–Crippen MR) is 76.5 cm³/mol. The highest BCUT2D eigenvalue weighted by molar-refractivity contribution is 7.98. The largest absolute Gasteiger partial charge is 0.324 e. The van der Waals surface area contributed by atoms with Crippen LogP contribution in [0.4, 0.5) is 10.5 Å². The molecule has 0 atom stereocenters. The van der Waals surface area contributed by atoms with Crippen LogP contribution in [0.15, 0.2) is 29.2 Å². The summed E-state index contributed by atoms with van der Waals surface area (Å²) in [5.74, 6) is 0. The van der Waals surface area contributed by atoms with E-state index in [1.807, 2.05) is 42.5 Å². The second-order valence-electron chi connectivity index (χ2n) is 4.28. The van der Waals surface area contributed by atoms with E-state index in [1.165, 1.54) is 4.90 Å². The minimum Gasteiger partial charge on any atom is -0.322 e. The number of hydrogen-bond donors (Lipinski definition) is 1. The molecule has 1 aliphatic rings. The molecule has 1 aliphatic heterocycles. The van der Waals surface area contributed by atoms with Gasteiger partial charge in [-0.2, -0.15) is 0 Å². The first kappa shape index (κ1) is 13.2. The second-order valence-corrected chi connectivity index (χ2v) is 5.16. The molecule has 4 nitrogen and oxygen atoms in total. The average molecular weight is 265 g/mol. The minimum absolute atomic E-state index is 0.0772. The lowest BCUT2D eigenvalue weighted by atomic mass is 10.3. The number of urea groups is 1. The Bertz CT molecular complexity index is 401. The van der Waals surface area contributed by atoms with E-state index in [0.717, 1.165) is 31.9 Å². The summed E-state index contributed by atoms with van der Waals surface area (Å²) in [6.45, 7) is 3.33. The lowest BCUT2D eigenvalue weighted by Gasteiger charge is -2.31. The van der Waals surface area contributed by atoms with Gasteiger partial charge in [-0.15, -0.1) is 11.8 Å². The first-order chi connectivity index (χ1) is 8.72. The topological polar surface area (TPSA) is 35.6 Å². The van der Waals surface area contributed by atoms with Crippen LogP contribution < -0.4 is 10.2 Å². The van der Waals surface area contributed by atoms with Crippen molar-refractivity contribution in [2.75, 3.05) is 44.4 Å². The van der Waals surface area contributed by atoms with Gasteiger partial charge in [0.25, 0.3) is 0 Å². The Balaban J connectivity index is 2.04. The van der Waals surface area contributed by atoms with E-state index in [9.17, 15) is 4.79 Å². The number of piperazine rings is 1. The van der Waals surface area contributed by atoms with Crippen molar-refractivity contribution >= 4 is 23.5 Å². The average Bonchev–Trinajstić information content (AvgIpc) is 2.47. The van der Waals surface area contributed by atoms with Crippen LogP contribution in [0.2, 0.25) is 0 Å². The highest BCUT2D eigenvalue weighted by Crippen LogP contribution is 2.20. The number of rotatable bonds is 2. The Morgan fingerprint density at radius 3 is 2.44 bits per heavy atom. The summed E-state index contributed by atoms with van der Waals surface area (Å²) in [7, 11) is 1.83. The Morgan fingerprint density at radius 1 is 1.28 bits per heavy atom. The molecular weight excluding hydrogens is 246 g/mol. The number of hydrogen-bond acceptors (Lipinski definition) is 3. The molecule has 0 saturated carbocycles. The van der Waals surface area contributed by atoms with E-state index in [1.54, 1.807) is 16.7 Å². The quantitative estimate of drug-likeness (QED) is 0.829. The first-order valence-corrected chi connectivity index (χ1v) is 7.32. The molecule has 0 spiro atoms. The third-order valence-corrected chi connectivity index (χ3v) is 3.88. The summed E-state index contributed by atoms with van der Waals surface area (Å²) in [5, 5.41) is 3.25. The summed E-state index contributed by atoms with van der Waals surface area (Å²) in [6.07, 6.45) is 2.05. The maximum absolute atomic E-state index is 12.3. The number of nitrogens with zero attached hydrogens (tertiary/aromatic N) is 2. The van der Waals surface area contributed by atoms with Crippen LogP contribution in [-0.2, 0) is 0 Å². The molecule has 5 heteroatoms. The van der Waals surface area contributed by atoms with Crippen LogP contribution in [0.1, 0.15) is 0 Å². The predicted octanol–water partition coefficient (Wildman–Crippen LogP) is 1.87. The van der Waals surface area contributed by atoms with Crippen LogP contribution in [0, 0.1) is 0 Å². The molecule has 2 amide bonds. The van der Waals surface area contributed by atoms with E-state index >= 15 is 0 Å². The highest BCUT2D eigenvalue weighted by Gasteiger charge is 2.20. The van der Waals surface area contributed by atoms with E-state index < -0.39 is 0 Å². The van der Waals surface area contributed by atoms with Crippen LogP contribution in [0.3, 0.4) is 0 Å². The number of anilines is 1. The van der Waals surface area contributed by atoms with Gasteiger partial charge in [0.1, 0.15) is 0 Å². The van der Waals surface area contributed by atoms with Gasteiger partial charge in [-0.25, -0.2) is 4.79 Å². The molecule has 1 N–H and O–H groups in total. The molecule has 1 fully saturated rings. The van der Waals surface area contributed by atoms with Gasteiger partial charge in [0.15, 0.2) is 0 Å². The van der Waals surface area contributed by atoms with E-state index in [0.29, 0.717) is 0 Å². The van der Waals surface area contributed by atoms with Crippen LogP contribution >= 0.6 is 11.8 Å². The van der Waals surface area contributed by atoms with Crippen LogP contribution in [-0.4, -0.2) is 50.4 Å². The molecule has 18 heavy (non-hydrogen) atoms. The van der Waals surface area contributed by atoms with Crippen molar-refractivity contribution in [1.29, 1.82) is 0 Å². The van der Waals surface area contributed by atoms with Crippen LogP contribution in [0.5, 0.6) is 0 Å². The Hall–Kier alpha value is -1.20. The molecule has 1 heterocycles. The SMILES string of the molecule is CSc1ccc(N(C)C(=O)N2CCNCC2)cc1. The fraction of sp³-hybridized carbons (Fsp3) is 0.462. The summed E-state index contributed by atoms with van der Waals surface area (Å²) in [4.78, 5) is 17.1. The zero-order chi connectivity index (χ0) is 13.0. The molecule has 1 aromatic rings. The second kappa shape index (κ2) is 6.11. The Morgan fingerprint density at radius 2 is 1.89 bits per heavy atom. The minimum atomic E-state index is 0.0772. The highest BCUT2D eigenvalue weighted by atomic mass is 32.2. The zero-order valence-corrected chi connectivity index (χ0v) is 11.7. The molecular formula is C13H19N3OS. The van der Waals surface area contributed by atoms with Crippen molar-refractivity contribution in [3.05, 3.63) is 24.3 Å². The van der Waals surface area contributed by atoms with Gasteiger partial charge in [0.2, 0.25) is 0 Å². The summed E-state index contributed by atoms with van der Waals surface area (Å²) < 4.78 is 0. The number of carbonyl (C=O) groups excluding carboxylic acids is 1. The number of benzene rings is 1. The summed E-state index contributed by atoms with van der Waals surface area (Å²) in [5.41, 5.74) is 0.941. The fourth-order valence-corrected chi connectivity index (χ4v) is 2.39. The van der Waals surface area contributed by atoms with Crippen LogP contribution in [0.25, 0.3) is 0 Å². The molecule has 1 aromatic carbocycles. The lowest BCUT2D eigenvalue weighted by Crippen LogP contribution is -2.50. The smallest absolute Gasteiger partial charge is 0.322 e. The number of thioether (sulfide) groups is 1. The van der Waals surface area contributed by atoms with Gasteiger partial charge < -0.3 is 10.2 Å². The fourth-order valence-electron chi connectivity index (χ4n) is 1.98. The van der Waals surface area contributed by atoms with Gasteiger partial charge in [-0.1, -0.05) is 0 Å². The molecule has 1 saturated heterocycles. The van der Waals surface area contributed by atoms with Crippen molar-refractivity contribution in [2.45, 2.75) is 4.90 Å². The monoisotopic (exact) mass is 265 g/mol. The number of carbonyl (C=O) groups is 1. The van der Waals surface area contributed by atoms with Crippen molar-refractivity contribution in [3.63, 3.8) is 0 Å². The third kappa shape index (κ3) is 2.97. The number of nitrogens with one attached hydrogen (secondary N) is 1. The van der Waals surface area contributed by atoms with Gasteiger partial charge >= 0.3 is 6.03 Å². The molecule has 0 unspecified atom stereocenters. The summed E-state index contributed by atoms with van der Waals surface area (Å²) >= 11 is 1.70. The maximum atomic E-state index is 12.3. The van der Waals surface area contributed by atoms with E-state index in [4.69, 9.17) is 0 Å². The normalized spacial score (nSPS) is 15.6. The maximum Gasteiger partial charge on any atom is 0.324 e. The van der Waals surface area contributed by atoms with E-state index in [-0.39, 0.29) is 6.03 Å². The molecule has 98 valence electrons. The molecule has 0 bridgehead atoms. The van der Waals surface area contributed by atoms with Gasteiger partial charge in [0.05, 0.1) is 0 Å². The summed E-state index contributed by atoms with van der Waals surface area (Å²) in [6, 6.07) is 8.15. The van der Waals surface area contributed by atoms with Gasteiger partial charge in [0, 0.05) is 43.8 Å². The lowest BCUT2D eigenvalue weighted by molar-refractivity contribution is 0.198. The molecule has 2 rings (SSSR count). The molecule has 0 aromatic heterocycles. The van der Waals surface area contributed by atoms with Crippen molar-refractivity contribution in [2.24, 2.45) is 0 Å². The van der Waals surface area contributed by atoms with Gasteiger partial charge in [-0.05, 0) is 30.5 Å². The van der Waals surface area contributed by atoms with Crippen molar-refractivity contribution in [1.82, 2.24) is 10.2 Å². The van der Waals surface area contributed by atoms with E-state index in [2.05, 4.69) is 5.32 Å². The molecule has 0 aliphatic carbocycles. The first-order valence-electron chi connectivity index (χ1n) is 6.10. The zero-order valence-electron chi connectivity index (χ0n) is 10.8. The van der Waals surface area contributed by atoms with Crippen molar-refractivity contribution < 1.29 is 4.79 Å². The molecule has 0 radical (unpaired) electrons. The Labute approximate surface area is 112 Å². The van der Waals surface area contributed by atoms with Crippen molar-refractivity contribution in [3.8, 4) is 0 Å². The third-order valence-electron chi connectivity index (χ3n) is 3.13.